The van der Waals surface area contributed by atoms with E-state index in [1.165, 1.54) is 19.2 Å². The van der Waals surface area contributed by atoms with Crippen molar-refractivity contribution in [3.05, 3.63) is 24.3 Å². The van der Waals surface area contributed by atoms with Gasteiger partial charge in [0, 0.05) is 6.07 Å². The summed E-state index contributed by atoms with van der Waals surface area (Å²) in [7, 11) is 1.44. The standard InChI is InChI=1S/C12H18N2O6/c1-20-8-4-2-3-7(5-8)14(13)12(19)11(18)10(17)9(16)6-15/h2-5,9-11,15-18H,6,13H2,1H3/t9-,10-,11+/m1/s1. The second-order valence-electron chi connectivity index (χ2n) is 4.10. The largest absolute Gasteiger partial charge is 0.497 e. The summed E-state index contributed by atoms with van der Waals surface area (Å²) in [6.07, 6.45) is -5.45. The highest BCUT2D eigenvalue weighted by atomic mass is 16.5. The van der Waals surface area contributed by atoms with Gasteiger partial charge >= 0.3 is 0 Å². The minimum Gasteiger partial charge on any atom is -0.497 e. The van der Waals surface area contributed by atoms with E-state index >= 15 is 0 Å². The van der Waals surface area contributed by atoms with Gasteiger partial charge in [-0.25, -0.2) is 10.9 Å². The summed E-state index contributed by atoms with van der Waals surface area (Å²) in [5.74, 6) is 4.98. The Kier molecular flexibility index (Phi) is 5.86. The normalized spacial score (nSPS) is 15.3. The topological polar surface area (TPSA) is 136 Å². The van der Waals surface area contributed by atoms with Crippen molar-refractivity contribution in [2.24, 2.45) is 5.84 Å². The number of benzene rings is 1. The lowest BCUT2D eigenvalue weighted by molar-refractivity contribution is -0.139. The zero-order valence-electron chi connectivity index (χ0n) is 10.9. The van der Waals surface area contributed by atoms with Crippen LogP contribution in [0.1, 0.15) is 0 Å². The van der Waals surface area contributed by atoms with Crippen LogP contribution in [-0.2, 0) is 4.79 Å². The number of aliphatic hydroxyl groups excluding tert-OH is 4. The van der Waals surface area contributed by atoms with Gasteiger partial charge in [0.15, 0.2) is 6.10 Å². The molecule has 0 heterocycles. The molecule has 1 aromatic rings. The number of methoxy groups -OCH3 is 1. The van der Waals surface area contributed by atoms with E-state index in [0.29, 0.717) is 10.8 Å². The molecule has 0 spiro atoms. The molecular formula is C12H18N2O6. The summed E-state index contributed by atoms with van der Waals surface area (Å²) in [6.45, 7) is -0.796. The second-order valence-corrected chi connectivity index (χ2v) is 4.10. The third-order valence-electron chi connectivity index (χ3n) is 2.73. The molecule has 112 valence electrons. The number of nitrogens with zero attached hydrogens (tertiary/aromatic N) is 1. The van der Waals surface area contributed by atoms with Gasteiger partial charge in [-0.3, -0.25) is 4.79 Å². The van der Waals surface area contributed by atoms with E-state index < -0.39 is 30.8 Å². The van der Waals surface area contributed by atoms with Crippen LogP contribution < -0.4 is 15.6 Å². The molecule has 0 aliphatic carbocycles. The molecule has 0 unspecified atom stereocenters. The highest BCUT2D eigenvalue weighted by Gasteiger charge is 2.32. The fourth-order valence-corrected chi connectivity index (χ4v) is 1.49. The molecule has 1 aromatic carbocycles. The number of ether oxygens (including phenoxy) is 1. The zero-order valence-corrected chi connectivity index (χ0v) is 10.9. The number of rotatable bonds is 6. The summed E-state index contributed by atoms with van der Waals surface area (Å²) < 4.78 is 4.97. The van der Waals surface area contributed by atoms with Crippen LogP contribution in [0.15, 0.2) is 24.3 Å². The van der Waals surface area contributed by atoms with Crippen LogP contribution >= 0.6 is 0 Å². The lowest BCUT2D eigenvalue weighted by Crippen LogP contribution is -2.52. The van der Waals surface area contributed by atoms with Crippen LogP contribution in [0.25, 0.3) is 0 Å². The number of aliphatic hydroxyl groups is 4. The summed E-state index contributed by atoms with van der Waals surface area (Å²) in [4.78, 5) is 11.9. The summed E-state index contributed by atoms with van der Waals surface area (Å²) in [5, 5.41) is 37.6. The monoisotopic (exact) mass is 286 g/mol. The highest BCUT2D eigenvalue weighted by Crippen LogP contribution is 2.20. The Morgan fingerprint density at radius 1 is 1.40 bits per heavy atom. The summed E-state index contributed by atoms with van der Waals surface area (Å²) in [6, 6.07) is 6.19. The maximum absolute atomic E-state index is 11.9. The molecule has 6 N–H and O–H groups in total. The van der Waals surface area contributed by atoms with Gasteiger partial charge in [-0.2, -0.15) is 0 Å². The van der Waals surface area contributed by atoms with Gasteiger partial charge in [0.05, 0.1) is 19.4 Å². The van der Waals surface area contributed by atoms with Crippen molar-refractivity contribution in [2.45, 2.75) is 18.3 Å². The van der Waals surface area contributed by atoms with Crippen molar-refractivity contribution >= 4 is 11.6 Å². The number of amides is 1. The molecule has 0 aromatic heterocycles. The predicted molar refractivity (Wildman–Crippen MR) is 69.8 cm³/mol. The number of hydrogen-bond acceptors (Lipinski definition) is 7. The predicted octanol–water partition coefficient (Wildman–Crippen LogP) is -2.02. The average Bonchev–Trinajstić information content (AvgIpc) is 2.51. The fourth-order valence-electron chi connectivity index (χ4n) is 1.49. The first-order chi connectivity index (χ1) is 9.42. The van der Waals surface area contributed by atoms with E-state index in [2.05, 4.69) is 0 Å². The lowest BCUT2D eigenvalue weighted by Gasteiger charge is -2.25. The van der Waals surface area contributed by atoms with E-state index in [-0.39, 0.29) is 5.69 Å². The van der Waals surface area contributed by atoms with Crippen molar-refractivity contribution in [3.8, 4) is 5.75 Å². The van der Waals surface area contributed by atoms with Crippen molar-refractivity contribution in [1.82, 2.24) is 0 Å². The molecule has 20 heavy (non-hydrogen) atoms. The molecule has 3 atom stereocenters. The second kappa shape index (κ2) is 7.17. The Hall–Kier alpha value is -1.71. The molecule has 1 rings (SSSR count). The van der Waals surface area contributed by atoms with Gasteiger partial charge in [-0.1, -0.05) is 6.07 Å². The third-order valence-corrected chi connectivity index (χ3v) is 2.73. The van der Waals surface area contributed by atoms with E-state index in [0.717, 1.165) is 0 Å². The minimum absolute atomic E-state index is 0.235. The van der Waals surface area contributed by atoms with Crippen LogP contribution in [0, 0.1) is 0 Å². The number of anilines is 1. The summed E-state index contributed by atoms with van der Waals surface area (Å²) in [5.41, 5.74) is 0.235. The molecule has 0 saturated heterocycles. The first kappa shape index (κ1) is 16.3. The Morgan fingerprint density at radius 3 is 2.60 bits per heavy atom. The Balaban J connectivity index is 2.84. The molecule has 0 aliphatic rings. The smallest absolute Gasteiger partial charge is 0.272 e. The maximum atomic E-state index is 11.9. The highest BCUT2D eigenvalue weighted by molar-refractivity contribution is 5.95. The van der Waals surface area contributed by atoms with Gasteiger partial charge in [0.2, 0.25) is 0 Å². The Morgan fingerprint density at radius 2 is 2.05 bits per heavy atom. The molecule has 8 heteroatoms. The number of carbonyl (C=O) groups is 1. The number of carbonyl (C=O) groups excluding carboxylic acids is 1. The van der Waals surface area contributed by atoms with Crippen LogP contribution in [-0.4, -0.2) is 58.4 Å². The van der Waals surface area contributed by atoms with Crippen LogP contribution in [0.4, 0.5) is 5.69 Å². The average molecular weight is 286 g/mol. The van der Waals surface area contributed by atoms with Crippen LogP contribution in [0.5, 0.6) is 5.75 Å². The minimum atomic E-state index is -1.96. The van der Waals surface area contributed by atoms with E-state index in [4.69, 9.17) is 15.7 Å². The number of hydrazine groups is 1. The lowest BCUT2D eigenvalue weighted by atomic mass is 10.1. The Bertz CT molecular complexity index is 455. The Labute approximate surface area is 115 Å². The van der Waals surface area contributed by atoms with Gasteiger partial charge in [-0.15, -0.1) is 0 Å². The maximum Gasteiger partial charge on any atom is 0.272 e. The van der Waals surface area contributed by atoms with Gasteiger partial charge in [0.25, 0.3) is 5.91 Å². The summed E-state index contributed by atoms with van der Waals surface area (Å²) >= 11 is 0. The molecular weight excluding hydrogens is 268 g/mol. The molecule has 0 radical (unpaired) electrons. The van der Waals surface area contributed by atoms with Crippen LogP contribution in [0.2, 0.25) is 0 Å². The third kappa shape index (κ3) is 3.65. The van der Waals surface area contributed by atoms with Crippen molar-refractivity contribution < 1.29 is 30.0 Å². The fraction of sp³-hybridized carbons (Fsp3) is 0.417. The SMILES string of the molecule is COc1cccc(N(N)C(=O)[C@@H](O)[C@H](O)[C@H](O)CO)c1. The number of nitrogens with two attached hydrogens (primary N) is 1. The molecule has 8 nitrogen and oxygen atoms in total. The van der Waals surface area contributed by atoms with Crippen molar-refractivity contribution in [1.29, 1.82) is 0 Å². The van der Waals surface area contributed by atoms with Gasteiger partial charge in [0.1, 0.15) is 18.0 Å². The van der Waals surface area contributed by atoms with Crippen molar-refractivity contribution in [3.63, 3.8) is 0 Å². The molecule has 0 saturated carbocycles. The van der Waals surface area contributed by atoms with Gasteiger partial charge in [-0.05, 0) is 12.1 Å². The van der Waals surface area contributed by atoms with Crippen molar-refractivity contribution in [2.75, 3.05) is 18.7 Å². The number of hydrogen-bond donors (Lipinski definition) is 5. The zero-order chi connectivity index (χ0) is 15.3. The molecule has 0 bridgehead atoms. The molecule has 0 aliphatic heterocycles. The van der Waals surface area contributed by atoms with Gasteiger partial charge < -0.3 is 25.2 Å². The quantitative estimate of drug-likeness (QED) is 0.231. The van der Waals surface area contributed by atoms with E-state index in [1.807, 2.05) is 0 Å². The van der Waals surface area contributed by atoms with Crippen LogP contribution in [0.3, 0.4) is 0 Å². The first-order valence-electron chi connectivity index (χ1n) is 5.80. The van der Waals surface area contributed by atoms with E-state index in [9.17, 15) is 20.1 Å². The van der Waals surface area contributed by atoms with E-state index in [1.54, 1.807) is 12.1 Å². The first-order valence-corrected chi connectivity index (χ1v) is 5.80. The molecule has 1 amide bonds. The molecule has 0 fully saturated rings.